The number of unbranched alkanes of at least 4 members (excludes halogenated alkanes) is 8. The van der Waals surface area contributed by atoms with E-state index in [1.165, 1.54) is 44.9 Å². The fourth-order valence-corrected chi connectivity index (χ4v) is 2.21. The van der Waals surface area contributed by atoms with Crippen molar-refractivity contribution in [3.05, 3.63) is 12.2 Å². The van der Waals surface area contributed by atoms with Gasteiger partial charge in [-0.2, -0.15) is 0 Å². The molecule has 0 aliphatic carbocycles. The molecule has 0 radical (unpaired) electrons. The van der Waals surface area contributed by atoms with E-state index in [4.69, 9.17) is 9.84 Å². The first-order valence-corrected chi connectivity index (χ1v) is 8.90. The van der Waals surface area contributed by atoms with E-state index in [2.05, 4.69) is 12.2 Å². The van der Waals surface area contributed by atoms with E-state index in [1.807, 2.05) is 0 Å². The van der Waals surface area contributed by atoms with E-state index in [-0.39, 0.29) is 19.1 Å². The molecule has 0 aromatic carbocycles. The van der Waals surface area contributed by atoms with Gasteiger partial charge < -0.3 is 15.2 Å². The molecular weight excluding hydrogens is 310 g/mol. The fourth-order valence-electron chi connectivity index (χ4n) is 2.21. The Bertz CT molecular complexity index is 393. The van der Waals surface area contributed by atoms with Crippen molar-refractivity contribution in [3.63, 3.8) is 0 Å². The third-order valence-corrected chi connectivity index (χ3v) is 3.54. The summed E-state index contributed by atoms with van der Waals surface area (Å²) in [7, 11) is 0. The molecule has 0 aliphatic rings. The predicted octanol–water partition coefficient (Wildman–Crippen LogP) is 3.21. The second-order valence-electron chi connectivity index (χ2n) is 5.77. The van der Waals surface area contributed by atoms with Crippen molar-refractivity contribution in [3.8, 4) is 0 Å². The number of nitrogens with one attached hydrogen (secondary N) is 1. The maximum absolute atomic E-state index is 11.6. The zero-order chi connectivity index (χ0) is 18.0. The highest BCUT2D eigenvalue weighted by Gasteiger charge is 2.02. The summed E-state index contributed by atoms with van der Waals surface area (Å²) in [6, 6.07) is 0. The fraction of sp³-hybridized carbons (Fsp3) is 0.722. The van der Waals surface area contributed by atoms with Crippen LogP contribution >= 0.6 is 0 Å². The summed E-state index contributed by atoms with van der Waals surface area (Å²) in [5, 5.41) is 11.0. The van der Waals surface area contributed by atoms with Crippen molar-refractivity contribution in [2.75, 3.05) is 13.2 Å². The minimum atomic E-state index is -1.21. The maximum Gasteiger partial charge on any atom is 0.331 e. The Morgan fingerprint density at radius 2 is 1.50 bits per heavy atom. The van der Waals surface area contributed by atoms with Gasteiger partial charge in [-0.05, 0) is 6.42 Å². The topological polar surface area (TPSA) is 92.7 Å². The second-order valence-corrected chi connectivity index (χ2v) is 5.77. The van der Waals surface area contributed by atoms with Crippen LogP contribution in [0.4, 0.5) is 0 Å². The lowest BCUT2D eigenvalue weighted by Crippen LogP contribution is -2.27. The van der Waals surface area contributed by atoms with E-state index in [1.54, 1.807) is 0 Å². The molecule has 0 bridgehead atoms. The Morgan fingerprint density at radius 3 is 2.08 bits per heavy atom. The van der Waals surface area contributed by atoms with Crippen LogP contribution in [0, 0.1) is 0 Å². The Morgan fingerprint density at radius 1 is 0.917 bits per heavy atom. The second kappa shape index (κ2) is 16.0. The number of amides is 1. The number of hydrogen-bond donors (Lipinski definition) is 2. The van der Waals surface area contributed by atoms with E-state index in [9.17, 15) is 14.4 Å². The SMILES string of the molecule is CCCCCCCCCCCC(=O)NCCOC(=O)/C=C/C(=O)O. The van der Waals surface area contributed by atoms with Crippen LogP contribution in [0.1, 0.15) is 71.1 Å². The van der Waals surface area contributed by atoms with Crippen LogP contribution < -0.4 is 5.32 Å². The van der Waals surface area contributed by atoms with Crippen molar-refractivity contribution in [2.24, 2.45) is 0 Å². The molecule has 24 heavy (non-hydrogen) atoms. The van der Waals surface area contributed by atoms with E-state index < -0.39 is 11.9 Å². The highest BCUT2D eigenvalue weighted by molar-refractivity contribution is 5.90. The van der Waals surface area contributed by atoms with Gasteiger partial charge in [-0.3, -0.25) is 4.79 Å². The van der Waals surface area contributed by atoms with Crippen LogP contribution in [0.5, 0.6) is 0 Å². The average Bonchev–Trinajstić information content (AvgIpc) is 2.55. The first-order valence-electron chi connectivity index (χ1n) is 8.90. The van der Waals surface area contributed by atoms with Crippen LogP contribution in [0.3, 0.4) is 0 Å². The molecule has 0 rings (SSSR count). The molecule has 1 amide bonds. The van der Waals surface area contributed by atoms with Crippen LogP contribution in [-0.2, 0) is 19.1 Å². The Labute approximate surface area is 144 Å². The summed E-state index contributed by atoms with van der Waals surface area (Å²) in [6.45, 7) is 2.49. The number of hydrogen-bond acceptors (Lipinski definition) is 4. The number of carboxylic acids is 1. The number of carbonyl (C=O) groups excluding carboxylic acids is 2. The minimum Gasteiger partial charge on any atom is -0.478 e. The first-order chi connectivity index (χ1) is 11.6. The smallest absolute Gasteiger partial charge is 0.331 e. The monoisotopic (exact) mass is 341 g/mol. The molecule has 6 heteroatoms. The molecule has 0 aromatic heterocycles. The zero-order valence-corrected chi connectivity index (χ0v) is 14.7. The zero-order valence-electron chi connectivity index (χ0n) is 14.7. The molecule has 0 spiro atoms. The third-order valence-electron chi connectivity index (χ3n) is 3.54. The van der Waals surface area contributed by atoms with Gasteiger partial charge in [-0.25, -0.2) is 9.59 Å². The Kier molecular flexibility index (Phi) is 14.8. The van der Waals surface area contributed by atoms with Crippen molar-refractivity contribution in [1.29, 1.82) is 0 Å². The number of rotatable bonds is 15. The largest absolute Gasteiger partial charge is 0.478 e. The van der Waals surface area contributed by atoms with Crippen LogP contribution in [0.25, 0.3) is 0 Å². The highest BCUT2D eigenvalue weighted by Crippen LogP contribution is 2.10. The molecule has 0 saturated heterocycles. The van der Waals surface area contributed by atoms with Crippen molar-refractivity contribution in [2.45, 2.75) is 71.1 Å². The molecular formula is C18H31NO5. The molecule has 2 N–H and O–H groups in total. The van der Waals surface area contributed by atoms with Gasteiger partial charge in [0.2, 0.25) is 5.91 Å². The number of ether oxygens (including phenoxy) is 1. The summed E-state index contributed by atoms with van der Waals surface area (Å²) in [5.74, 6) is -1.98. The molecule has 0 aliphatic heterocycles. The van der Waals surface area contributed by atoms with Gasteiger partial charge in [0.15, 0.2) is 0 Å². The van der Waals surface area contributed by atoms with Gasteiger partial charge in [0.05, 0.1) is 6.54 Å². The van der Waals surface area contributed by atoms with Crippen molar-refractivity contribution < 1.29 is 24.2 Å². The van der Waals surface area contributed by atoms with Gasteiger partial charge in [0, 0.05) is 18.6 Å². The average molecular weight is 341 g/mol. The van der Waals surface area contributed by atoms with E-state index in [0.29, 0.717) is 12.5 Å². The van der Waals surface area contributed by atoms with E-state index >= 15 is 0 Å². The quantitative estimate of drug-likeness (QED) is 0.271. The number of carboxylic acid groups (broad SMARTS) is 1. The lowest BCUT2D eigenvalue weighted by atomic mass is 10.1. The summed E-state index contributed by atoms with van der Waals surface area (Å²) >= 11 is 0. The van der Waals surface area contributed by atoms with Crippen LogP contribution in [0.15, 0.2) is 12.2 Å². The third kappa shape index (κ3) is 16.5. The number of carbonyl (C=O) groups is 3. The highest BCUT2D eigenvalue weighted by atomic mass is 16.5. The molecule has 0 heterocycles. The standard InChI is InChI=1S/C18H31NO5/c1-2-3-4-5-6-7-8-9-10-11-16(20)19-14-15-24-18(23)13-12-17(21)22/h12-13H,2-11,14-15H2,1H3,(H,19,20)(H,21,22)/b13-12+. The number of esters is 1. The molecule has 0 saturated carbocycles. The van der Waals surface area contributed by atoms with Gasteiger partial charge in [-0.15, -0.1) is 0 Å². The van der Waals surface area contributed by atoms with Crippen molar-refractivity contribution in [1.82, 2.24) is 5.32 Å². The lowest BCUT2D eigenvalue weighted by Gasteiger charge is -2.05. The van der Waals surface area contributed by atoms with Gasteiger partial charge in [0.25, 0.3) is 0 Å². The summed E-state index contributed by atoms with van der Waals surface area (Å²) in [6.07, 6.45) is 12.9. The lowest BCUT2D eigenvalue weighted by molar-refractivity contribution is -0.139. The normalized spacial score (nSPS) is 10.7. The Balaban J connectivity index is 3.38. The van der Waals surface area contributed by atoms with Crippen LogP contribution in [-0.4, -0.2) is 36.1 Å². The van der Waals surface area contributed by atoms with Gasteiger partial charge in [-0.1, -0.05) is 58.3 Å². The number of aliphatic carboxylic acids is 1. The summed E-state index contributed by atoms with van der Waals surface area (Å²) in [4.78, 5) is 32.8. The Hall–Kier alpha value is -1.85. The first kappa shape index (κ1) is 22.1. The molecule has 0 aromatic rings. The minimum absolute atomic E-state index is 0.0340. The summed E-state index contributed by atoms with van der Waals surface area (Å²) in [5.41, 5.74) is 0. The van der Waals surface area contributed by atoms with Gasteiger partial charge in [0.1, 0.15) is 6.61 Å². The summed E-state index contributed by atoms with van der Waals surface area (Å²) < 4.78 is 4.74. The van der Waals surface area contributed by atoms with Crippen LogP contribution in [0.2, 0.25) is 0 Å². The maximum atomic E-state index is 11.6. The molecule has 0 fully saturated rings. The van der Waals surface area contributed by atoms with E-state index in [0.717, 1.165) is 18.9 Å². The molecule has 0 atom stereocenters. The van der Waals surface area contributed by atoms with Gasteiger partial charge >= 0.3 is 11.9 Å². The molecule has 138 valence electrons. The molecule has 0 unspecified atom stereocenters. The van der Waals surface area contributed by atoms with Crippen molar-refractivity contribution >= 4 is 17.8 Å². The predicted molar refractivity (Wildman–Crippen MR) is 92.6 cm³/mol. The molecule has 6 nitrogen and oxygen atoms in total.